The van der Waals surface area contributed by atoms with Crippen LogP contribution in [0.4, 0.5) is 0 Å². The molecule has 0 amide bonds. The Morgan fingerprint density at radius 3 is 2.26 bits per heavy atom. The molecule has 3 aliphatic rings. The molecule has 0 N–H and O–H groups in total. The fourth-order valence-corrected chi connectivity index (χ4v) is 2.95. The van der Waals surface area contributed by atoms with Gasteiger partial charge in [-0.2, -0.15) is 0 Å². The van der Waals surface area contributed by atoms with Gasteiger partial charge in [-0.05, 0) is 27.7 Å². The second kappa shape index (κ2) is 4.38. The molecule has 0 saturated carbocycles. The molecule has 0 spiro atoms. The zero-order chi connectivity index (χ0) is 13.8. The van der Waals surface area contributed by atoms with Crippen LogP contribution in [0.5, 0.6) is 0 Å². The number of hydrogen-bond acceptors (Lipinski definition) is 6. The first kappa shape index (κ1) is 13.7. The smallest absolute Gasteiger partial charge is 0.190 e. The third-order valence-corrected chi connectivity index (χ3v) is 3.70. The molecule has 6 heteroatoms. The Hall–Kier alpha value is -0.240. The van der Waals surface area contributed by atoms with Crippen molar-refractivity contribution in [3.63, 3.8) is 0 Å². The van der Waals surface area contributed by atoms with Gasteiger partial charge in [0.05, 0.1) is 6.61 Å². The molecule has 3 fully saturated rings. The van der Waals surface area contributed by atoms with Crippen LogP contribution in [0.1, 0.15) is 27.7 Å². The standard InChI is InChI=1S/C13H22O6/c1-12(2)15-6-7(17-12)8-9(14-5)10-11(16-8)19-13(3,4)18-10/h7-11H,6H2,1-5H3/t7-,8-,9+,10+,11+/m0/s1. The zero-order valence-electron chi connectivity index (χ0n) is 12.0. The molecule has 0 aromatic rings. The summed E-state index contributed by atoms with van der Waals surface area (Å²) in [4.78, 5) is 0. The van der Waals surface area contributed by atoms with Gasteiger partial charge < -0.3 is 28.4 Å². The highest BCUT2D eigenvalue weighted by Crippen LogP contribution is 2.41. The average Bonchev–Trinajstić information content (AvgIpc) is 2.87. The molecule has 0 bridgehead atoms. The Morgan fingerprint density at radius 1 is 0.947 bits per heavy atom. The molecule has 0 aromatic heterocycles. The molecule has 6 nitrogen and oxygen atoms in total. The van der Waals surface area contributed by atoms with Crippen molar-refractivity contribution in [1.82, 2.24) is 0 Å². The Labute approximate surface area is 113 Å². The highest BCUT2D eigenvalue weighted by atomic mass is 16.8. The van der Waals surface area contributed by atoms with E-state index in [1.807, 2.05) is 27.7 Å². The molecular weight excluding hydrogens is 252 g/mol. The van der Waals surface area contributed by atoms with Gasteiger partial charge in [-0.3, -0.25) is 0 Å². The minimum absolute atomic E-state index is 0.166. The van der Waals surface area contributed by atoms with Crippen molar-refractivity contribution in [1.29, 1.82) is 0 Å². The van der Waals surface area contributed by atoms with Crippen molar-refractivity contribution in [3.8, 4) is 0 Å². The highest BCUT2D eigenvalue weighted by molar-refractivity contribution is 4.98. The third-order valence-electron chi connectivity index (χ3n) is 3.70. The summed E-state index contributed by atoms with van der Waals surface area (Å²) in [7, 11) is 1.65. The molecule has 3 aliphatic heterocycles. The average molecular weight is 274 g/mol. The quantitative estimate of drug-likeness (QED) is 0.749. The van der Waals surface area contributed by atoms with Gasteiger partial charge in [-0.25, -0.2) is 0 Å². The summed E-state index contributed by atoms with van der Waals surface area (Å²) in [5.74, 6) is -1.21. The second-order valence-electron chi connectivity index (χ2n) is 6.14. The van der Waals surface area contributed by atoms with Crippen molar-refractivity contribution in [2.24, 2.45) is 0 Å². The van der Waals surface area contributed by atoms with Gasteiger partial charge in [0.25, 0.3) is 0 Å². The van der Waals surface area contributed by atoms with E-state index in [0.717, 1.165) is 0 Å². The summed E-state index contributed by atoms with van der Waals surface area (Å²) in [6.07, 6.45) is -1.25. The van der Waals surface area contributed by atoms with Crippen LogP contribution in [-0.4, -0.2) is 56.0 Å². The van der Waals surface area contributed by atoms with Gasteiger partial charge in [0, 0.05) is 7.11 Å². The predicted octanol–water partition coefficient (Wildman–Crippen LogP) is 1.03. The second-order valence-corrected chi connectivity index (χ2v) is 6.14. The van der Waals surface area contributed by atoms with E-state index in [4.69, 9.17) is 28.4 Å². The maximum absolute atomic E-state index is 5.92. The van der Waals surface area contributed by atoms with Crippen molar-refractivity contribution >= 4 is 0 Å². The molecule has 0 aliphatic carbocycles. The lowest BCUT2D eigenvalue weighted by Crippen LogP contribution is -2.43. The van der Waals surface area contributed by atoms with E-state index >= 15 is 0 Å². The van der Waals surface area contributed by atoms with Crippen molar-refractivity contribution in [2.75, 3.05) is 13.7 Å². The highest BCUT2D eigenvalue weighted by Gasteiger charge is 2.58. The topological polar surface area (TPSA) is 55.4 Å². The predicted molar refractivity (Wildman–Crippen MR) is 64.4 cm³/mol. The van der Waals surface area contributed by atoms with E-state index in [1.165, 1.54) is 0 Å². The Bertz CT molecular complexity index is 355. The van der Waals surface area contributed by atoms with Crippen LogP contribution < -0.4 is 0 Å². The van der Waals surface area contributed by atoms with Crippen LogP contribution in [0.25, 0.3) is 0 Å². The van der Waals surface area contributed by atoms with Crippen molar-refractivity contribution < 1.29 is 28.4 Å². The number of methoxy groups -OCH3 is 1. The lowest BCUT2D eigenvalue weighted by Gasteiger charge is -2.28. The molecule has 0 aromatic carbocycles. The van der Waals surface area contributed by atoms with Gasteiger partial charge in [-0.1, -0.05) is 0 Å². The van der Waals surface area contributed by atoms with Gasteiger partial charge in [0.2, 0.25) is 0 Å². The summed E-state index contributed by atoms with van der Waals surface area (Å²) in [6.45, 7) is 8.01. The number of rotatable bonds is 2. The fourth-order valence-electron chi connectivity index (χ4n) is 2.95. The lowest BCUT2D eigenvalue weighted by molar-refractivity contribution is -0.234. The molecule has 5 atom stereocenters. The summed E-state index contributed by atoms with van der Waals surface area (Å²) in [5, 5.41) is 0. The van der Waals surface area contributed by atoms with Gasteiger partial charge in [-0.15, -0.1) is 0 Å². The summed E-state index contributed by atoms with van der Waals surface area (Å²) in [5.41, 5.74) is 0. The Balaban J connectivity index is 1.72. The maximum atomic E-state index is 5.92. The minimum Gasteiger partial charge on any atom is -0.376 e. The molecular formula is C13H22O6. The summed E-state index contributed by atoms with van der Waals surface area (Å²) >= 11 is 0. The molecule has 3 saturated heterocycles. The third kappa shape index (κ3) is 2.41. The summed E-state index contributed by atoms with van der Waals surface area (Å²) in [6, 6.07) is 0. The normalized spacial score (nSPS) is 47.5. The number of hydrogen-bond donors (Lipinski definition) is 0. The Morgan fingerprint density at radius 2 is 1.68 bits per heavy atom. The molecule has 0 radical (unpaired) electrons. The van der Waals surface area contributed by atoms with E-state index in [-0.39, 0.29) is 24.4 Å². The molecule has 3 rings (SSSR count). The molecule has 19 heavy (non-hydrogen) atoms. The van der Waals surface area contributed by atoms with E-state index in [9.17, 15) is 0 Å². The zero-order valence-corrected chi connectivity index (χ0v) is 12.0. The van der Waals surface area contributed by atoms with Crippen molar-refractivity contribution in [2.45, 2.75) is 70.0 Å². The fraction of sp³-hybridized carbons (Fsp3) is 1.00. The van der Waals surface area contributed by atoms with Crippen LogP contribution in [0.2, 0.25) is 0 Å². The van der Waals surface area contributed by atoms with Gasteiger partial charge in [0.15, 0.2) is 17.9 Å². The van der Waals surface area contributed by atoms with E-state index in [0.29, 0.717) is 6.61 Å². The van der Waals surface area contributed by atoms with E-state index in [1.54, 1.807) is 7.11 Å². The van der Waals surface area contributed by atoms with Crippen LogP contribution in [-0.2, 0) is 28.4 Å². The first-order chi connectivity index (χ1) is 8.81. The largest absolute Gasteiger partial charge is 0.376 e. The van der Waals surface area contributed by atoms with Crippen LogP contribution in [0.15, 0.2) is 0 Å². The van der Waals surface area contributed by atoms with Crippen molar-refractivity contribution in [3.05, 3.63) is 0 Å². The van der Waals surface area contributed by atoms with E-state index < -0.39 is 17.9 Å². The first-order valence-electron chi connectivity index (χ1n) is 6.67. The number of ether oxygens (including phenoxy) is 6. The Kier molecular flexibility index (Phi) is 3.16. The van der Waals surface area contributed by atoms with Crippen LogP contribution in [0.3, 0.4) is 0 Å². The molecule has 0 unspecified atom stereocenters. The monoisotopic (exact) mass is 274 g/mol. The molecule has 3 heterocycles. The lowest BCUT2D eigenvalue weighted by atomic mass is 10.1. The number of fused-ring (bicyclic) bond motifs is 1. The molecule has 110 valence electrons. The van der Waals surface area contributed by atoms with Gasteiger partial charge in [0.1, 0.15) is 24.4 Å². The van der Waals surface area contributed by atoms with E-state index in [2.05, 4.69) is 0 Å². The minimum atomic E-state index is -0.636. The first-order valence-corrected chi connectivity index (χ1v) is 6.67. The maximum Gasteiger partial charge on any atom is 0.190 e. The SMILES string of the molecule is CO[C@@H]1[C@H]([C@@H]2COC(C)(C)O2)O[C@@H]2OC(C)(C)O[C@@H]21. The van der Waals surface area contributed by atoms with Gasteiger partial charge >= 0.3 is 0 Å². The summed E-state index contributed by atoms with van der Waals surface area (Å²) < 4.78 is 34.5. The van der Waals surface area contributed by atoms with Crippen LogP contribution >= 0.6 is 0 Å². The van der Waals surface area contributed by atoms with Crippen LogP contribution in [0, 0.1) is 0 Å².